The van der Waals surface area contributed by atoms with Crippen molar-refractivity contribution in [1.82, 2.24) is 10.2 Å². The lowest BCUT2D eigenvalue weighted by atomic mass is 10.4. The van der Waals surface area contributed by atoms with Gasteiger partial charge in [-0.3, -0.25) is 0 Å². The fourth-order valence-electron chi connectivity index (χ4n) is 1.36. The molecule has 0 aliphatic heterocycles. The molecule has 0 atom stereocenters. The molecule has 1 heterocycles. The third kappa shape index (κ3) is 4.82. The average Bonchev–Trinajstić information content (AvgIpc) is 2.58. The summed E-state index contributed by atoms with van der Waals surface area (Å²) in [4.78, 5) is 3.50. The number of thiophene rings is 1. The molecule has 0 aliphatic carbocycles. The number of nitrogens with one attached hydrogen (secondary N) is 1. The van der Waals surface area contributed by atoms with E-state index in [1.165, 1.54) is 11.3 Å². The molecule has 5 heteroatoms. The Hall–Kier alpha value is -0.100. The van der Waals surface area contributed by atoms with Crippen LogP contribution in [0.3, 0.4) is 0 Å². The van der Waals surface area contributed by atoms with Crippen LogP contribution in [0.5, 0.6) is 5.06 Å². The summed E-state index contributed by atoms with van der Waals surface area (Å²) in [6.45, 7) is 3.10. The van der Waals surface area contributed by atoms with Crippen LogP contribution in [0.25, 0.3) is 0 Å². The van der Waals surface area contributed by atoms with Crippen LogP contribution in [0.2, 0.25) is 0 Å². The van der Waals surface area contributed by atoms with E-state index in [2.05, 4.69) is 46.3 Å². The van der Waals surface area contributed by atoms with Gasteiger partial charge in [0, 0.05) is 11.4 Å². The number of methoxy groups -OCH3 is 1. The lowest BCUT2D eigenvalue weighted by molar-refractivity contribution is 0.394. The summed E-state index contributed by atoms with van der Waals surface area (Å²) in [7, 11) is 5.90. The van der Waals surface area contributed by atoms with Crippen LogP contribution in [0.15, 0.2) is 10.5 Å². The standard InChI is InChI=1S/C11H19BrN2OS/c1-14(2)6-4-5-13-8-9-7-10(12)11(15-3)16-9/h7,13H,4-6,8H2,1-3H3. The van der Waals surface area contributed by atoms with E-state index >= 15 is 0 Å². The molecule has 0 spiro atoms. The van der Waals surface area contributed by atoms with Crippen LogP contribution in [-0.2, 0) is 6.54 Å². The highest BCUT2D eigenvalue weighted by molar-refractivity contribution is 9.10. The Kier molecular flexibility index (Phi) is 6.34. The number of hydrogen-bond acceptors (Lipinski definition) is 4. The number of hydrogen-bond donors (Lipinski definition) is 1. The van der Waals surface area contributed by atoms with Crippen molar-refractivity contribution in [2.24, 2.45) is 0 Å². The summed E-state index contributed by atoms with van der Waals surface area (Å²) in [5.41, 5.74) is 0. The zero-order chi connectivity index (χ0) is 12.0. The number of ether oxygens (including phenoxy) is 1. The number of rotatable bonds is 7. The van der Waals surface area contributed by atoms with Crippen molar-refractivity contribution in [2.45, 2.75) is 13.0 Å². The second kappa shape index (κ2) is 7.27. The largest absolute Gasteiger partial charge is 0.486 e. The molecule has 0 fully saturated rings. The lowest BCUT2D eigenvalue weighted by Crippen LogP contribution is -2.20. The van der Waals surface area contributed by atoms with Gasteiger partial charge >= 0.3 is 0 Å². The smallest absolute Gasteiger partial charge is 0.188 e. The predicted octanol–water partition coefficient (Wildman–Crippen LogP) is 2.56. The predicted molar refractivity (Wildman–Crippen MR) is 73.4 cm³/mol. The zero-order valence-electron chi connectivity index (χ0n) is 10.0. The van der Waals surface area contributed by atoms with Gasteiger partial charge in [0.1, 0.15) is 0 Å². The van der Waals surface area contributed by atoms with Crippen molar-refractivity contribution in [3.05, 3.63) is 15.4 Å². The highest BCUT2D eigenvalue weighted by Gasteiger charge is 2.05. The molecule has 1 N–H and O–H groups in total. The van der Waals surface area contributed by atoms with E-state index in [-0.39, 0.29) is 0 Å². The fraction of sp³-hybridized carbons (Fsp3) is 0.636. The maximum Gasteiger partial charge on any atom is 0.188 e. The number of nitrogens with zero attached hydrogens (tertiary/aromatic N) is 1. The quantitative estimate of drug-likeness (QED) is 0.784. The Labute approximate surface area is 110 Å². The normalized spacial score (nSPS) is 11.1. The van der Waals surface area contributed by atoms with Gasteiger partial charge in [-0.25, -0.2) is 0 Å². The molecule has 0 aliphatic rings. The first-order valence-electron chi connectivity index (χ1n) is 5.31. The third-order valence-electron chi connectivity index (χ3n) is 2.15. The van der Waals surface area contributed by atoms with E-state index in [0.717, 1.165) is 29.2 Å². The molecule has 0 aromatic carbocycles. The van der Waals surface area contributed by atoms with E-state index in [0.29, 0.717) is 0 Å². The zero-order valence-corrected chi connectivity index (χ0v) is 12.4. The Bertz CT molecular complexity index is 315. The summed E-state index contributed by atoms with van der Waals surface area (Å²) in [5, 5.41) is 4.38. The molecule has 0 radical (unpaired) electrons. The molecule has 0 amide bonds. The second-order valence-electron chi connectivity index (χ2n) is 3.89. The van der Waals surface area contributed by atoms with Gasteiger partial charge in [0.05, 0.1) is 11.6 Å². The minimum atomic E-state index is 0.917. The van der Waals surface area contributed by atoms with Crippen LogP contribution in [0.1, 0.15) is 11.3 Å². The van der Waals surface area contributed by atoms with Crippen LogP contribution in [0.4, 0.5) is 0 Å². The number of halogens is 1. The SMILES string of the molecule is COc1sc(CNCCCN(C)C)cc1Br. The Morgan fingerprint density at radius 2 is 2.25 bits per heavy atom. The summed E-state index contributed by atoms with van der Waals surface area (Å²) < 4.78 is 6.27. The van der Waals surface area contributed by atoms with E-state index < -0.39 is 0 Å². The molecule has 1 aromatic heterocycles. The summed E-state index contributed by atoms with van der Waals surface area (Å²) in [5.74, 6) is 0. The first kappa shape index (κ1) is 14.0. The highest BCUT2D eigenvalue weighted by Crippen LogP contribution is 2.34. The molecule has 0 unspecified atom stereocenters. The Morgan fingerprint density at radius 1 is 1.50 bits per heavy atom. The van der Waals surface area contributed by atoms with Crippen molar-refractivity contribution in [1.29, 1.82) is 0 Å². The van der Waals surface area contributed by atoms with Crippen molar-refractivity contribution in [3.8, 4) is 5.06 Å². The Balaban J connectivity index is 2.21. The molecule has 0 saturated carbocycles. The molecule has 3 nitrogen and oxygen atoms in total. The van der Waals surface area contributed by atoms with Crippen molar-refractivity contribution in [3.63, 3.8) is 0 Å². The maximum absolute atomic E-state index is 5.22. The van der Waals surface area contributed by atoms with Crippen LogP contribution in [0, 0.1) is 0 Å². The minimum absolute atomic E-state index is 0.917. The Morgan fingerprint density at radius 3 is 2.81 bits per heavy atom. The van der Waals surface area contributed by atoms with Crippen molar-refractivity contribution < 1.29 is 4.74 Å². The lowest BCUT2D eigenvalue weighted by Gasteiger charge is -2.09. The summed E-state index contributed by atoms with van der Waals surface area (Å²) in [6.07, 6.45) is 1.18. The summed E-state index contributed by atoms with van der Waals surface area (Å²) >= 11 is 5.15. The van der Waals surface area contributed by atoms with Crippen molar-refractivity contribution in [2.75, 3.05) is 34.3 Å². The third-order valence-corrected chi connectivity index (χ3v) is 4.10. The molecule has 0 saturated heterocycles. The van der Waals surface area contributed by atoms with Gasteiger partial charge in [0.25, 0.3) is 0 Å². The van der Waals surface area contributed by atoms with Crippen LogP contribution < -0.4 is 10.1 Å². The van der Waals surface area contributed by atoms with Gasteiger partial charge in [-0.15, -0.1) is 11.3 Å². The average molecular weight is 307 g/mol. The fourth-order valence-corrected chi connectivity index (χ4v) is 3.02. The van der Waals surface area contributed by atoms with E-state index in [4.69, 9.17) is 4.74 Å². The summed E-state index contributed by atoms with van der Waals surface area (Å²) in [6, 6.07) is 2.11. The minimum Gasteiger partial charge on any atom is -0.486 e. The van der Waals surface area contributed by atoms with Gasteiger partial charge in [0.15, 0.2) is 5.06 Å². The second-order valence-corrected chi connectivity index (χ2v) is 5.84. The van der Waals surface area contributed by atoms with Gasteiger partial charge < -0.3 is 15.0 Å². The van der Waals surface area contributed by atoms with Gasteiger partial charge in [-0.05, 0) is 55.6 Å². The van der Waals surface area contributed by atoms with E-state index in [1.807, 2.05) is 0 Å². The molecule has 92 valence electrons. The molecule has 0 bridgehead atoms. The topological polar surface area (TPSA) is 24.5 Å². The van der Waals surface area contributed by atoms with Crippen LogP contribution >= 0.6 is 27.3 Å². The van der Waals surface area contributed by atoms with Crippen LogP contribution in [-0.4, -0.2) is 39.2 Å². The molecule has 1 aromatic rings. The monoisotopic (exact) mass is 306 g/mol. The molecule has 16 heavy (non-hydrogen) atoms. The first-order chi connectivity index (χ1) is 7.63. The van der Waals surface area contributed by atoms with Gasteiger partial charge in [-0.2, -0.15) is 0 Å². The molecule has 1 rings (SSSR count). The first-order valence-corrected chi connectivity index (χ1v) is 6.92. The van der Waals surface area contributed by atoms with Gasteiger partial charge in [0.2, 0.25) is 0 Å². The highest BCUT2D eigenvalue weighted by atomic mass is 79.9. The maximum atomic E-state index is 5.22. The molecular weight excluding hydrogens is 288 g/mol. The molecular formula is C11H19BrN2OS. The van der Waals surface area contributed by atoms with E-state index in [1.54, 1.807) is 18.4 Å². The van der Waals surface area contributed by atoms with Crippen molar-refractivity contribution >= 4 is 27.3 Å². The van der Waals surface area contributed by atoms with Gasteiger partial charge in [-0.1, -0.05) is 0 Å². The van der Waals surface area contributed by atoms with E-state index in [9.17, 15) is 0 Å².